The van der Waals surface area contributed by atoms with Crippen LogP contribution >= 0.6 is 11.3 Å². The molecule has 0 spiro atoms. The van der Waals surface area contributed by atoms with Gasteiger partial charge in [-0.2, -0.15) is 18.2 Å². The van der Waals surface area contributed by atoms with E-state index in [0.717, 1.165) is 4.88 Å². The van der Waals surface area contributed by atoms with E-state index in [1.165, 1.54) is 11.3 Å². The normalized spacial score (nSPS) is 11.6. The number of hydrogen-bond acceptors (Lipinski definition) is 6. The predicted octanol–water partition coefficient (Wildman–Crippen LogP) is 2.99. The molecular weight excluding hydrogens is 361 g/mol. The Bertz CT molecular complexity index is 702. The molecule has 0 atom stereocenters. The molecule has 0 unspecified atom stereocenters. The number of carbonyl (C=O) groups is 1. The highest BCUT2D eigenvalue weighted by atomic mass is 32.1. The van der Waals surface area contributed by atoms with Crippen molar-refractivity contribution >= 4 is 17.4 Å². The van der Waals surface area contributed by atoms with Crippen LogP contribution in [-0.2, 0) is 17.5 Å². The monoisotopic (exact) mass is 378 g/mol. The van der Waals surface area contributed by atoms with Crippen LogP contribution in [0.3, 0.4) is 0 Å². The molecule has 25 heavy (non-hydrogen) atoms. The van der Waals surface area contributed by atoms with Crippen molar-refractivity contribution in [3.8, 4) is 10.7 Å². The van der Waals surface area contributed by atoms with Crippen molar-refractivity contribution in [3.05, 3.63) is 22.9 Å². The fraction of sp³-hybridized carbons (Fsp3) is 0.500. The van der Waals surface area contributed by atoms with Crippen LogP contribution in [0.25, 0.3) is 10.7 Å². The second kappa shape index (κ2) is 8.30. The molecule has 11 heteroatoms. The van der Waals surface area contributed by atoms with Crippen LogP contribution < -0.4 is 5.32 Å². The number of urea groups is 1. The molecule has 2 amide bonds. The highest BCUT2D eigenvalue weighted by Gasteiger charge is 2.38. The van der Waals surface area contributed by atoms with Gasteiger partial charge >= 0.3 is 18.1 Å². The summed E-state index contributed by atoms with van der Waals surface area (Å²) in [4.78, 5) is 18.2. The summed E-state index contributed by atoms with van der Waals surface area (Å²) in [5.74, 6) is -1.51. The number of nitrogens with zero attached hydrogens (tertiary/aromatic N) is 3. The maximum Gasteiger partial charge on any atom is 0.471 e. The van der Waals surface area contributed by atoms with Gasteiger partial charge in [0.25, 0.3) is 0 Å². The number of methoxy groups -OCH3 is 1. The largest absolute Gasteiger partial charge is 0.471 e. The fourth-order valence-corrected chi connectivity index (χ4v) is 2.86. The topological polar surface area (TPSA) is 80.5 Å². The first-order valence-electron chi connectivity index (χ1n) is 7.36. The molecule has 0 aromatic carbocycles. The van der Waals surface area contributed by atoms with E-state index in [-0.39, 0.29) is 11.9 Å². The number of ether oxygens (including phenoxy) is 1. The van der Waals surface area contributed by atoms with Crippen LogP contribution in [0, 0.1) is 0 Å². The summed E-state index contributed by atoms with van der Waals surface area (Å²) < 4.78 is 46.6. The molecule has 138 valence electrons. The van der Waals surface area contributed by atoms with Crippen molar-refractivity contribution in [2.24, 2.45) is 0 Å². The number of hydrogen-bond donors (Lipinski definition) is 1. The van der Waals surface area contributed by atoms with E-state index in [1.54, 1.807) is 24.1 Å². The molecule has 2 aromatic rings. The van der Waals surface area contributed by atoms with Crippen LogP contribution in [0.2, 0.25) is 0 Å². The van der Waals surface area contributed by atoms with Crippen LogP contribution in [-0.4, -0.2) is 47.9 Å². The number of amides is 2. The smallest absolute Gasteiger partial charge is 0.383 e. The van der Waals surface area contributed by atoms with E-state index >= 15 is 0 Å². The number of rotatable bonds is 7. The third-order valence-corrected chi connectivity index (χ3v) is 4.21. The minimum Gasteiger partial charge on any atom is -0.383 e. The maximum atomic E-state index is 12.5. The Morgan fingerprint density at radius 2 is 2.20 bits per heavy atom. The highest BCUT2D eigenvalue weighted by molar-refractivity contribution is 7.15. The summed E-state index contributed by atoms with van der Waals surface area (Å²) in [7, 11) is 1.54. The molecule has 0 aliphatic carbocycles. The van der Waals surface area contributed by atoms with Gasteiger partial charge in [-0.25, -0.2) is 4.79 Å². The number of aromatic nitrogens is 2. The van der Waals surface area contributed by atoms with Gasteiger partial charge in [0.2, 0.25) is 5.82 Å². The Kier molecular flexibility index (Phi) is 6.37. The Balaban J connectivity index is 2.02. The third-order valence-electron chi connectivity index (χ3n) is 3.15. The first-order chi connectivity index (χ1) is 11.8. The summed E-state index contributed by atoms with van der Waals surface area (Å²) in [6.45, 7) is 3.44. The van der Waals surface area contributed by atoms with E-state index in [1.807, 2.05) is 6.92 Å². The summed E-state index contributed by atoms with van der Waals surface area (Å²) >= 11 is 1.20. The van der Waals surface area contributed by atoms with E-state index in [2.05, 4.69) is 20.0 Å². The molecule has 7 nitrogen and oxygen atoms in total. The van der Waals surface area contributed by atoms with Crippen LogP contribution in [0.1, 0.15) is 17.7 Å². The van der Waals surface area contributed by atoms with Gasteiger partial charge in [-0.3, -0.25) is 0 Å². The summed E-state index contributed by atoms with van der Waals surface area (Å²) in [6, 6.07) is 3.07. The highest BCUT2D eigenvalue weighted by Crippen LogP contribution is 2.32. The number of nitrogens with one attached hydrogen (secondary N) is 1. The van der Waals surface area contributed by atoms with Crippen molar-refractivity contribution in [1.82, 2.24) is 20.4 Å². The molecule has 1 N–H and O–H groups in total. The molecule has 0 saturated heterocycles. The summed E-state index contributed by atoms with van der Waals surface area (Å²) in [5, 5.41) is 6.06. The first kappa shape index (κ1) is 19.2. The quantitative estimate of drug-likeness (QED) is 0.749. The van der Waals surface area contributed by atoms with Gasteiger partial charge in [-0.15, -0.1) is 11.3 Å². The summed E-state index contributed by atoms with van der Waals surface area (Å²) in [5.41, 5.74) is 0. The van der Waals surface area contributed by atoms with Gasteiger partial charge in [-0.1, -0.05) is 5.16 Å². The molecule has 0 aliphatic heterocycles. The Morgan fingerprint density at radius 1 is 1.44 bits per heavy atom. The average Bonchev–Trinajstić information content (AvgIpc) is 3.21. The van der Waals surface area contributed by atoms with Crippen LogP contribution in [0.15, 0.2) is 16.7 Å². The molecule has 2 aromatic heterocycles. The SMILES string of the molecule is CCN(Cc1ccc(-c2noc(C(F)(F)F)n2)s1)C(=O)NCCOC. The zero-order valence-electron chi connectivity index (χ0n) is 13.6. The molecular formula is C14H17F3N4O3S. The van der Waals surface area contributed by atoms with Gasteiger partial charge in [0.15, 0.2) is 0 Å². The Hall–Kier alpha value is -2.14. The lowest BCUT2D eigenvalue weighted by atomic mass is 10.4. The summed E-state index contributed by atoms with van der Waals surface area (Å²) in [6.07, 6.45) is -4.68. The van der Waals surface area contributed by atoms with E-state index in [0.29, 0.717) is 31.1 Å². The number of carbonyl (C=O) groups excluding carboxylic acids is 1. The molecule has 0 radical (unpaired) electrons. The fourth-order valence-electron chi connectivity index (χ4n) is 1.91. The lowest BCUT2D eigenvalue weighted by molar-refractivity contribution is -0.159. The van der Waals surface area contributed by atoms with E-state index in [9.17, 15) is 18.0 Å². The zero-order chi connectivity index (χ0) is 18.4. The number of halogens is 3. The maximum absolute atomic E-state index is 12.5. The number of alkyl halides is 3. The van der Waals surface area contributed by atoms with Gasteiger partial charge in [-0.05, 0) is 19.1 Å². The van der Waals surface area contributed by atoms with E-state index in [4.69, 9.17) is 4.74 Å². The van der Waals surface area contributed by atoms with Crippen LogP contribution in [0.5, 0.6) is 0 Å². The molecule has 2 rings (SSSR count). The number of thiophene rings is 1. The molecule has 0 bridgehead atoms. The van der Waals surface area contributed by atoms with Gasteiger partial charge in [0, 0.05) is 25.1 Å². The lowest BCUT2D eigenvalue weighted by Gasteiger charge is -2.20. The van der Waals surface area contributed by atoms with Crippen molar-refractivity contribution in [2.45, 2.75) is 19.6 Å². The lowest BCUT2D eigenvalue weighted by Crippen LogP contribution is -2.40. The second-order valence-corrected chi connectivity index (χ2v) is 6.09. The standard InChI is InChI=1S/C14H17F3N4O3S/c1-3-21(13(22)18-6-7-23-2)8-9-4-5-10(25-9)11-19-12(24-20-11)14(15,16)17/h4-5H,3,6-8H2,1-2H3,(H,18,22). The van der Waals surface area contributed by atoms with E-state index < -0.39 is 12.1 Å². The van der Waals surface area contributed by atoms with Crippen molar-refractivity contribution < 1.29 is 27.2 Å². The van der Waals surface area contributed by atoms with Gasteiger partial charge in [0.05, 0.1) is 18.0 Å². The Labute approximate surface area is 145 Å². The van der Waals surface area contributed by atoms with Crippen molar-refractivity contribution in [2.75, 3.05) is 26.8 Å². The molecule has 0 saturated carbocycles. The average molecular weight is 378 g/mol. The van der Waals surface area contributed by atoms with Crippen molar-refractivity contribution in [1.29, 1.82) is 0 Å². The van der Waals surface area contributed by atoms with Crippen LogP contribution in [0.4, 0.5) is 18.0 Å². The minimum absolute atomic E-state index is 0.129. The molecule has 2 heterocycles. The first-order valence-corrected chi connectivity index (χ1v) is 8.18. The third kappa shape index (κ3) is 5.16. The minimum atomic E-state index is -4.68. The van der Waals surface area contributed by atoms with Gasteiger partial charge in [0.1, 0.15) is 0 Å². The predicted molar refractivity (Wildman–Crippen MR) is 84.0 cm³/mol. The van der Waals surface area contributed by atoms with Gasteiger partial charge < -0.3 is 19.5 Å². The molecule has 0 aliphatic rings. The zero-order valence-corrected chi connectivity index (χ0v) is 14.4. The molecule has 0 fully saturated rings. The second-order valence-electron chi connectivity index (χ2n) is 4.93. The Morgan fingerprint density at radius 3 is 2.80 bits per heavy atom. The van der Waals surface area contributed by atoms with Crippen molar-refractivity contribution in [3.63, 3.8) is 0 Å².